The number of aromatic nitrogens is 3. The van der Waals surface area contributed by atoms with Gasteiger partial charge >= 0.3 is 0 Å². The zero-order chi connectivity index (χ0) is 18.3. The number of nitrogens with one attached hydrogen (secondary N) is 1. The number of aliphatic hydroxyl groups excluding tert-OH is 1. The Morgan fingerprint density at radius 2 is 1.77 bits per heavy atom. The Labute approximate surface area is 171 Å². The van der Waals surface area contributed by atoms with Crippen molar-refractivity contribution >= 4 is 54.5 Å². The van der Waals surface area contributed by atoms with E-state index in [2.05, 4.69) is 46.8 Å². The number of hydrogen-bond acceptors (Lipinski definition) is 3. The normalized spacial score (nSPS) is 11.2. The van der Waals surface area contributed by atoms with Crippen molar-refractivity contribution in [3.05, 3.63) is 68.2 Å². The number of imidazole rings is 1. The van der Waals surface area contributed by atoms with Crippen LogP contribution >= 0.6 is 43.5 Å². The van der Waals surface area contributed by atoms with Gasteiger partial charge in [0.1, 0.15) is 11.3 Å². The molecule has 0 unspecified atom stereocenters. The highest BCUT2D eigenvalue weighted by Crippen LogP contribution is 2.31. The number of aromatic amines is 1. The number of pyridine rings is 1. The van der Waals surface area contributed by atoms with Crippen LogP contribution in [0, 0.1) is 0 Å². The summed E-state index contributed by atoms with van der Waals surface area (Å²) in [5.41, 5.74) is 5.09. The van der Waals surface area contributed by atoms with Crippen LogP contribution in [-0.4, -0.2) is 20.1 Å². The summed E-state index contributed by atoms with van der Waals surface area (Å²) < 4.78 is 1.91. The van der Waals surface area contributed by atoms with Crippen molar-refractivity contribution in [2.45, 2.75) is 6.61 Å². The number of halogens is 3. The summed E-state index contributed by atoms with van der Waals surface area (Å²) in [7, 11) is 0. The van der Waals surface area contributed by atoms with Gasteiger partial charge in [0.25, 0.3) is 0 Å². The number of benzene rings is 2. The topological polar surface area (TPSA) is 61.8 Å². The van der Waals surface area contributed by atoms with Gasteiger partial charge in [0.2, 0.25) is 0 Å². The molecule has 0 radical (unpaired) electrons. The molecule has 0 aliphatic carbocycles. The molecule has 0 saturated heterocycles. The summed E-state index contributed by atoms with van der Waals surface area (Å²) in [6.07, 6.45) is 1.63. The van der Waals surface area contributed by atoms with Crippen LogP contribution in [0.25, 0.3) is 33.7 Å². The fourth-order valence-electron chi connectivity index (χ4n) is 2.74. The summed E-state index contributed by atoms with van der Waals surface area (Å²) in [6, 6.07) is 13.6. The van der Waals surface area contributed by atoms with Crippen LogP contribution in [0.3, 0.4) is 0 Å². The number of aliphatic hydroxyl groups is 1. The Bertz CT molecular complexity index is 1110. The van der Waals surface area contributed by atoms with E-state index in [-0.39, 0.29) is 6.61 Å². The molecule has 2 aromatic carbocycles. The zero-order valence-corrected chi connectivity index (χ0v) is 17.2. The summed E-state index contributed by atoms with van der Waals surface area (Å²) in [4.78, 5) is 12.4. The van der Waals surface area contributed by atoms with Crippen LogP contribution in [0.4, 0.5) is 0 Å². The van der Waals surface area contributed by atoms with Gasteiger partial charge < -0.3 is 10.1 Å². The first-order chi connectivity index (χ1) is 12.5. The highest BCUT2D eigenvalue weighted by atomic mass is 79.9. The summed E-state index contributed by atoms with van der Waals surface area (Å²) >= 11 is 13.3. The van der Waals surface area contributed by atoms with E-state index in [1.807, 2.05) is 36.4 Å². The minimum absolute atomic E-state index is 0.0797. The molecule has 0 aliphatic rings. The zero-order valence-electron chi connectivity index (χ0n) is 13.3. The average molecular weight is 494 g/mol. The third-order valence-corrected chi connectivity index (χ3v) is 5.37. The van der Waals surface area contributed by atoms with Crippen LogP contribution in [0.2, 0.25) is 5.02 Å². The number of fused-ring (bicyclic) bond motifs is 1. The van der Waals surface area contributed by atoms with Crippen molar-refractivity contribution < 1.29 is 5.11 Å². The molecular formula is C19H12Br2ClN3O. The Morgan fingerprint density at radius 1 is 1.04 bits per heavy atom. The van der Waals surface area contributed by atoms with Crippen LogP contribution in [0.1, 0.15) is 5.56 Å². The molecule has 7 heteroatoms. The summed E-state index contributed by atoms with van der Waals surface area (Å²) in [5, 5.41) is 9.68. The van der Waals surface area contributed by atoms with Crippen molar-refractivity contribution in [3.8, 4) is 22.6 Å². The molecule has 0 amide bonds. The lowest BCUT2D eigenvalue weighted by Gasteiger charge is -2.06. The lowest BCUT2D eigenvalue weighted by molar-refractivity contribution is 0.281. The number of hydrogen-bond donors (Lipinski definition) is 2. The maximum atomic E-state index is 9.17. The van der Waals surface area contributed by atoms with E-state index in [0.717, 1.165) is 36.9 Å². The minimum Gasteiger partial charge on any atom is -0.392 e. The number of nitrogens with zero attached hydrogens (tertiary/aromatic N) is 2. The predicted octanol–water partition coefficient (Wildman–Crippen LogP) is 5.96. The molecule has 4 nitrogen and oxygen atoms in total. The van der Waals surface area contributed by atoms with Gasteiger partial charge in [-0.2, -0.15) is 0 Å². The lowest BCUT2D eigenvalue weighted by atomic mass is 10.1. The molecular weight excluding hydrogens is 481 g/mol. The van der Waals surface area contributed by atoms with Crippen LogP contribution in [-0.2, 0) is 6.61 Å². The Morgan fingerprint density at radius 3 is 2.46 bits per heavy atom. The summed E-state index contributed by atoms with van der Waals surface area (Å²) in [5.74, 6) is 0.792. The van der Waals surface area contributed by atoms with Crippen LogP contribution in [0.15, 0.2) is 57.6 Å². The smallest absolute Gasteiger partial charge is 0.138 e. The van der Waals surface area contributed by atoms with E-state index in [9.17, 15) is 0 Å². The molecule has 2 aromatic heterocycles. The maximum Gasteiger partial charge on any atom is 0.138 e. The molecule has 0 atom stereocenters. The minimum atomic E-state index is -0.0797. The number of rotatable bonds is 3. The fraction of sp³-hybridized carbons (Fsp3) is 0.0526. The Kier molecular flexibility index (Phi) is 4.84. The van der Waals surface area contributed by atoms with Crippen LogP contribution < -0.4 is 0 Å². The average Bonchev–Trinajstić information content (AvgIpc) is 3.06. The van der Waals surface area contributed by atoms with E-state index in [0.29, 0.717) is 16.3 Å². The highest BCUT2D eigenvalue weighted by Gasteiger charge is 2.11. The largest absolute Gasteiger partial charge is 0.392 e. The first kappa shape index (κ1) is 17.7. The highest BCUT2D eigenvalue weighted by molar-refractivity contribution is 9.11. The van der Waals surface area contributed by atoms with E-state index in [1.165, 1.54) is 0 Å². The Hall–Kier alpha value is -1.73. The van der Waals surface area contributed by atoms with Crippen molar-refractivity contribution in [2.24, 2.45) is 0 Å². The molecule has 2 heterocycles. The van der Waals surface area contributed by atoms with E-state index in [4.69, 9.17) is 16.7 Å². The maximum absolute atomic E-state index is 9.17. The van der Waals surface area contributed by atoms with Gasteiger partial charge in [0, 0.05) is 26.3 Å². The number of H-pyrrole nitrogens is 1. The quantitative estimate of drug-likeness (QED) is 0.370. The van der Waals surface area contributed by atoms with Crippen LogP contribution in [0.5, 0.6) is 0 Å². The molecule has 0 fully saturated rings. The molecule has 0 saturated carbocycles. The van der Waals surface area contributed by atoms with Gasteiger partial charge in [-0.15, -0.1) is 0 Å². The second-order valence-corrected chi connectivity index (χ2v) is 7.96. The molecule has 4 aromatic rings. The first-order valence-corrected chi connectivity index (χ1v) is 9.72. The van der Waals surface area contributed by atoms with Gasteiger partial charge in [0.05, 0.1) is 22.8 Å². The lowest BCUT2D eigenvalue weighted by Crippen LogP contribution is -1.90. The van der Waals surface area contributed by atoms with E-state index in [1.54, 1.807) is 12.3 Å². The summed E-state index contributed by atoms with van der Waals surface area (Å²) in [6.45, 7) is -0.0797. The van der Waals surface area contributed by atoms with Crippen molar-refractivity contribution in [3.63, 3.8) is 0 Å². The van der Waals surface area contributed by atoms with Crippen molar-refractivity contribution in [1.29, 1.82) is 0 Å². The van der Waals surface area contributed by atoms with E-state index >= 15 is 0 Å². The van der Waals surface area contributed by atoms with Gasteiger partial charge in [-0.3, -0.25) is 4.98 Å². The van der Waals surface area contributed by atoms with Crippen molar-refractivity contribution in [1.82, 2.24) is 15.0 Å². The van der Waals surface area contributed by atoms with E-state index < -0.39 is 0 Å². The monoisotopic (exact) mass is 491 g/mol. The predicted molar refractivity (Wildman–Crippen MR) is 111 cm³/mol. The second kappa shape index (κ2) is 7.12. The van der Waals surface area contributed by atoms with Gasteiger partial charge in [-0.1, -0.05) is 51.8 Å². The molecule has 4 rings (SSSR count). The van der Waals surface area contributed by atoms with Gasteiger partial charge in [-0.05, 0) is 39.7 Å². The molecule has 2 N–H and O–H groups in total. The molecule has 0 aliphatic heterocycles. The van der Waals surface area contributed by atoms with Gasteiger partial charge in [0.15, 0.2) is 0 Å². The standard InChI is InChI=1S/C19H12Br2ClN3O/c20-13-6-14(21)18-16(7-13)24-19(25-18)12-3-1-11(2-4-12)17-15(22)5-10(9-26)8-23-17/h1-8,26H,9H2,(H,24,25). The molecule has 0 spiro atoms. The third-order valence-electron chi connectivity index (χ3n) is 4.02. The third kappa shape index (κ3) is 3.30. The van der Waals surface area contributed by atoms with Crippen molar-refractivity contribution in [2.75, 3.05) is 0 Å². The first-order valence-electron chi connectivity index (χ1n) is 7.76. The molecule has 0 bridgehead atoms. The second-order valence-electron chi connectivity index (χ2n) is 5.78. The SMILES string of the molecule is OCc1cnc(-c2ccc(-c3nc4c(Br)cc(Br)cc4[nH]3)cc2)c(Cl)c1. The Balaban J connectivity index is 1.71. The molecule has 130 valence electrons. The van der Waals surface area contributed by atoms with Gasteiger partial charge in [-0.25, -0.2) is 4.98 Å². The fourth-order valence-corrected chi connectivity index (χ4v) is 4.35. The molecule has 26 heavy (non-hydrogen) atoms.